The number of ether oxygens (including phenoxy) is 1. The fourth-order valence-electron chi connectivity index (χ4n) is 1.97. The number of nitrogens with zero attached hydrogens (tertiary/aromatic N) is 1. The van der Waals surface area contributed by atoms with E-state index in [2.05, 4.69) is 0 Å². The van der Waals surface area contributed by atoms with Gasteiger partial charge in [0, 0.05) is 17.1 Å². The van der Waals surface area contributed by atoms with Crippen molar-refractivity contribution in [3.8, 4) is 5.75 Å². The van der Waals surface area contributed by atoms with E-state index in [0.29, 0.717) is 22.9 Å². The maximum absolute atomic E-state index is 12.6. The lowest BCUT2D eigenvalue weighted by atomic mass is 10.1. The van der Waals surface area contributed by atoms with Crippen LogP contribution in [-0.2, 0) is 0 Å². The van der Waals surface area contributed by atoms with Gasteiger partial charge in [-0.25, -0.2) is 0 Å². The summed E-state index contributed by atoms with van der Waals surface area (Å²) in [7, 11) is 3.83. The van der Waals surface area contributed by atoms with E-state index in [4.69, 9.17) is 16.3 Å². The Balaban J connectivity index is 2.18. The quantitative estimate of drug-likeness (QED) is 0.765. The topological polar surface area (TPSA) is 29.5 Å². The maximum atomic E-state index is 12.6. The second kappa shape index (κ2) is 7.25. The number of hydrogen-bond donors (Lipinski definition) is 0. The van der Waals surface area contributed by atoms with Crippen molar-refractivity contribution in [2.45, 2.75) is 6.10 Å². The summed E-state index contributed by atoms with van der Waals surface area (Å²) in [4.78, 5) is 14.5. The molecule has 110 valence electrons. The van der Waals surface area contributed by atoms with Gasteiger partial charge in [-0.05, 0) is 38.4 Å². The first-order chi connectivity index (χ1) is 10.1. The Morgan fingerprint density at radius 2 is 1.71 bits per heavy atom. The number of halogens is 1. The van der Waals surface area contributed by atoms with Crippen LogP contribution in [0.5, 0.6) is 5.75 Å². The minimum Gasteiger partial charge on any atom is -0.481 e. The Morgan fingerprint density at radius 3 is 2.29 bits per heavy atom. The minimum absolute atomic E-state index is 0.0285. The highest BCUT2D eigenvalue weighted by molar-refractivity contribution is 6.30. The van der Waals surface area contributed by atoms with E-state index < -0.39 is 6.10 Å². The van der Waals surface area contributed by atoms with E-state index >= 15 is 0 Å². The summed E-state index contributed by atoms with van der Waals surface area (Å²) in [5.41, 5.74) is 0.651. The Morgan fingerprint density at radius 1 is 1.10 bits per heavy atom. The number of Topliss-reactive ketones (excluding diaryl/α,β-unsaturated/α-hetero) is 1. The van der Waals surface area contributed by atoms with E-state index in [1.165, 1.54) is 0 Å². The van der Waals surface area contributed by atoms with Crippen molar-refractivity contribution in [3.63, 3.8) is 0 Å². The SMILES string of the molecule is CN(C)CC(Oc1ccc(Cl)cc1)C(=O)c1ccccc1. The first-order valence-corrected chi connectivity index (χ1v) is 7.10. The molecule has 0 aliphatic carbocycles. The molecule has 0 fully saturated rings. The Labute approximate surface area is 130 Å². The van der Waals surface area contributed by atoms with E-state index in [1.807, 2.05) is 37.2 Å². The predicted octanol–water partition coefficient (Wildman–Crippen LogP) is 3.53. The molecule has 1 atom stereocenters. The third kappa shape index (κ3) is 4.59. The summed E-state index contributed by atoms with van der Waals surface area (Å²) in [5, 5.41) is 0.640. The molecule has 2 aromatic rings. The third-order valence-electron chi connectivity index (χ3n) is 2.97. The Bertz CT molecular complexity index is 581. The van der Waals surface area contributed by atoms with E-state index in [9.17, 15) is 4.79 Å². The van der Waals surface area contributed by atoms with Gasteiger partial charge in [0.25, 0.3) is 0 Å². The van der Waals surface area contributed by atoms with Crippen LogP contribution in [0.1, 0.15) is 10.4 Å². The lowest BCUT2D eigenvalue weighted by Crippen LogP contribution is -2.37. The zero-order chi connectivity index (χ0) is 15.2. The normalized spacial score (nSPS) is 12.2. The second-order valence-electron chi connectivity index (χ2n) is 5.05. The number of benzene rings is 2. The second-order valence-corrected chi connectivity index (χ2v) is 5.49. The fraction of sp³-hybridized carbons (Fsp3) is 0.235. The first kappa shape index (κ1) is 15.5. The summed E-state index contributed by atoms with van der Waals surface area (Å²) in [5.74, 6) is 0.606. The molecule has 2 rings (SSSR count). The van der Waals surface area contributed by atoms with Crippen LogP contribution in [0.25, 0.3) is 0 Å². The molecule has 21 heavy (non-hydrogen) atoms. The van der Waals surface area contributed by atoms with Crippen LogP contribution < -0.4 is 4.74 Å². The van der Waals surface area contributed by atoms with Crippen LogP contribution in [0.3, 0.4) is 0 Å². The number of likely N-dealkylation sites (N-methyl/N-ethyl adjacent to an activating group) is 1. The number of hydrogen-bond acceptors (Lipinski definition) is 3. The molecule has 0 spiro atoms. The van der Waals surface area contributed by atoms with Gasteiger partial charge in [-0.1, -0.05) is 41.9 Å². The lowest BCUT2D eigenvalue weighted by molar-refractivity contribution is 0.0744. The molecule has 0 aromatic heterocycles. The molecule has 2 aromatic carbocycles. The smallest absolute Gasteiger partial charge is 0.204 e. The zero-order valence-electron chi connectivity index (χ0n) is 12.1. The van der Waals surface area contributed by atoms with Gasteiger partial charge in [-0.2, -0.15) is 0 Å². The molecular weight excluding hydrogens is 286 g/mol. The van der Waals surface area contributed by atoms with Crippen LogP contribution in [0.4, 0.5) is 0 Å². The average molecular weight is 304 g/mol. The van der Waals surface area contributed by atoms with Crippen molar-refractivity contribution in [1.29, 1.82) is 0 Å². The van der Waals surface area contributed by atoms with Gasteiger partial charge < -0.3 is 9.64 Å². The highest BCUT2D eigenvalue weighted by atomic mass is 35.5. The van der Waals surface area contributed by atoms with Gasteiger partial charge >= 0.3 is 0 Å². The predicted molar refractivity (Wildman–Crippen MR) is 85.2 cm³/mol. The zero-order valence-corrected chi connectivity index (χ0v) is 12.9. The molecule has 0 radical (unpaired) electrons. The van der Waals surface area contributed by atoms with Crippen molar-refractivity contribution in [2.24, 2.45) is 0 Å². The van der Waals surface area contributed by atoms with E-state index in [0.717, 1.165) is 0 Å². The minimum atomic E-state index is -0.552. The molecule has 0 saturated carbocycles. The number of carbonyl (C=O) groups excluding carboxylic acids is 1. The third-order valence-corrected chi connectivity index (χ3v) is 3.23. The number of rotatable bonds is 6. The molecule has 0 aliphatic rings. The van der Waals surface area contributed by atoms with Crippen LogP contribution in [0, 0.1) is 0 Å². The monoisotopic (exact) mass is 303 g/mol. The maximum Gasteiger partial charge on any atom is 0.204 e. The van der Waals surface area contributed by atoms with E-state index in [1.54, 1.807) is 36.4 Å². The fourth-order valence-corrected chi connectivity index (χ4v) is 2.10. The van der Waals surface area contributed by atoms with Crippen LogP contribution in [-0.4, -0.2) is 37.4 Å². The molecule has 0 bridgehead atoms. The summed E-state index contributed by atoms with van der Waals surface area (Å²) < 4.78 is 5.85. The molecule has 0 N–H and O–H groups in total. The van der Waals surface area contributed by atoms with Gasteiger partial charge in [-0.15, -0.1) is 0 Å². The van der Waals surface area contributed by atoms with Gasteiger partial charge in [0.05, 0.1) is 0 Å². The summed E-state index contributed by atoms with van der Waals surface area (Å²) >= 11 is 5.86. The highest BCUT2D eigenvalue weighted by Gasteiger charge is 2.22. The van der Waals surface area contributed by atoms with Crippen LogP contribution in [0.15, 0.2) is 54.6 Å². The molecule has 0 aliphatic heterocycles. The van der Waals surface area contributed by atoms with Gasteiger partial charge in [0.15, 0.2) is 6.10 Å². The van der Waals surface area contributed by atoms with Crippen LogP contribution in [0.2, 0.25) is 5.02 Å². The van der Waals surface area contributed by atoms with Gasteiger partial charge in [0.2, 0.25) is 5.78 Å². The standard InChI is InChI=1S/C17H18ClNO2/c1-19(2)12-16(17(20)13-6-4-3-5-7-13)21-15-10-8-14(18)9-11-15/h3-11,16H,12H2,1-2H3. The lowest BCUT2D eigenvalue weighted by Gasteiger charge is -2.21. The average Bonchev–Trinajstić information content (AvgIpc) is 2.48. The van der Waals surface area contributed by atoms with Crippen molar-refractivity contribution in [1.82, 2.24) is 4.90 Å². The summed E-state index contributed by atoms with van der Waals surface area (Å²) in [6, 6.07) is 16.2. The first-order valence-electron chi connectivity index (χ1n) is 6.72. The molecule has 3 nitrogen and oxygen atoms in total. The molecule has 0 amide bonds. The van der Waals surface area contributed by atoms with Crippen molar-refractivity contribution in [2.75, 3.05) is 20.6 Å². The number of ketones is 1. The molecular formula is C17H18ClNO2. The van der Waals surface area contributed by atoms with E-state index in [-0.39, 0.29) is 5.78 Å². The van der Waals surface area contributed by atoms with Gasteiger partial charge in [0.1, 0.15) is 5.75 Å². The molecule has 0 heterocycles. The molecule has 0 saturated heterocycles. The highest BCUT2D eigenvalue weighted by Crippen LogP contribution is 2.18. The van der Waals surface area contributed by atoms with Gasteiger partial charge in [-0.3, -0.25) is 4.79 Å². The van der Waals surface area contributed by atoms with Crippen molar-refractivity contribution in [3.05, 3.63) is 65.2 Å². The molecule has 1 unspecified atom stereocenters. The van der Waals surface area contributed by atoms with Crippen LogP contribution >= 0.6 is 11.6 Å². The summed E-state index contributed by atoms with van der Waals surface area (Å²) in [6.07, 6.45) is -0.552. The molecule has 4 heteroatoms. The Hall–Kier alpha value is -1.84. The summed E-state index contributed by atoms with van der Waals surface area (Å²) in [6.45, 7) is 0.510. The number of carbonyl (C=O) groups is 1. The Kier molecular flexibility index (Phi) is 5.37. The largest absolute Gasteiger partial charge is 0.481 e. The van der Waals surface area contributed by atoms with Crippen molar-refractivity contribution < 1.29 is 9.53 Å². The van der Waals surface area contributed by atoms with Crippen molar-refractivity contribution >= 4 is 17.4 Å².